The van der Waals surface area contributed by atoms with Crippen LogP contribution in [0.4, 0.5) is 11.5 Å². The van der Waals surface area contributed by atoms with Crippen LogP contribution in [0.5, 0.6) is 0 Å². The lowest BCUT2D eigenvalue weighted by Gasteiger charge is -2.12. The lowest BCUT2D eigenvalue weighted by molar-refractivity contribution is -0.114. The lowest BCUT2D eigenvalue weighted by atomic mass is 10.1. The third-order valence-corrected chi connectivity index (χ3v) is 5.03. The van der Waals surface area contributed by atoms with Gasteiger partial charge in [-0.2, -0.15) is 0 Å². The maximum Gasteiger partial charge on any atom is 0.221 e. The Morgan fingerprint density at radius 3 is 2.46 bits per heavy atom. The van der Waals surface area contributed by atoms with Crippen LogP contribution in [0.2, 0.25) is 0 Å². The van der Waals surface area contributed by atoms with Gasteiger partial charge in [-0.15, -0.1) is 0 Å². The van der Waals surface area contributed by atoms with Crippen molar-refractivity contribution >= 4 is 45.9 Å². The number of hydrogen-bond donors (Lipinski definition) is 2. The highest BCUT2D eigenvalue weighted by molar-refractivity contribution is 8.00. The van der Waals surface area contributed by atoms with E-state index in [9.17, 15) is 9.59 Å². The smallest absolute Gasteiger partial charge is 0.221 e. The number of carbonyl (C=O) groups is 2. The van der Waals surface area contributed by atoms with Crippen molar-refractivity contribution < 1.29 is 9.59 Å². The van der Waals surface area contributed by atoms with Crippen LogP contribution in [0.15, 0.2) is 53.7 Å². The Labute approximate surface area is 168 Å². The summed E-state index contributed by atoms with van der Waals surface area (Å²) in [6.07, 6.45) is 0. The summed E-state index contributed by atoms with van der Waals surface area (Å²) >= 11 is 1.33. The van der Waals surface area contributed by atoms with E-state index in [2.05, 4.69) is 20.6 Å². The van der Waals surface area contributed by atoms with Gasteiger partial charge in [0.1, 0.15) is 5.82 Å². The number of para-hydroxylation sites is 1. The van der Waals surface area contributed by atoms with E-state index in [-0.39, 0.29) is 16.9 Å². The minimum absolute atomic E-state index is 0.0128. The molecule has 2 N–H and O–H groups in total. The number of amides is 1. The molecule has 7 heteroatoms. The van der Waals surface area contributed by atoms with Gasteiger partial charge in [0.05, 0.1) is 10.8 Å². The van der Waals surface area contributed by atoms with Crippen molar-refractivity contribution in [2.75, 3.05) is 17.2 Å². The van der Waals surface area contributed by atoms with Gasteiger partial charge in [-0.25, -0.2) is 9.97 Å². The predicted octanol–water partition coefficient (Wildman–Crippen LogP) is 4.38. The SMILES string of the molecule is CCNc1nc(SC(C)C(=O)c2ccc(NC(C)=O)cc2)nc2ccccc12. The summed E-state index contributed by atoms with van der Waals surface area (Å²) in [5, 5.41) is 7.13. The summed E-state index contributed by atoms with van der Waals surface area (Å²) in [5.74, 6) is 0.615. The Balaban J connectivity index is 1.79. The van der Waals surface area contributed by atoms with Gasteiger partial charge >= 0.3 is 0 Å². The first-order valence-corrected chi connectivity index (χ1v) is 9.95. The van der Waals surface area contributed by atoms with Crippen LogP contribution in [-0.2, 0) is 4.79 Å². The van der Waals surface area contributed by atoms with Gasteiger partial charge in [-0.3, -0.25) is 9.59 Å². The molecule has 0 fully saturated rings. The van der Waals surface area contributed by atoms with E-state index < -0.39 is 0 Å². The van der Waals surface area contributed by atoms with Crippen molar-refractivity contribution in [3.05, 3.63) is 54.1 Å². The van der Waals surface area contributed by atoms with Gasteiger partial charge in [-0.1, -0.05) is 23.9 Å². The third-order valence-electron chi connectivity index (χ3n) is 4.07. The molecular weight excluding hydrogens is 372 g/mol. The maximum atomic E-state index is 12.8. The van der Waals surface area contributed by atoms with Crippen LogP contribution >= 0.6 is 11.8 Å². The molecule has 28 heavy (non-hydrogen) atoms. The molecule has 0 spiro atoms. The van der Waals surface area contributed by atoms with Gasteiger partial charge in [0.15, 0.2) is 10.9 Å². The van der Waals surface area contributed by atoms with Crippen LogP contribution in [-0.4, -0.2) is 33.5 Å². The van der Waals surface area contributed by atoms with Gasteiger partial charge < -0.3 is 10.6 Å². The molecule has 1 amide bonds. The van der Waals surface area contributed by atoms with E-state index in [1.165, 1.54) is 18.7 Å². The number of hydrogen-bond acceptors (Lipinski definition) is 6. The van der Waals surface area contributed by atoms with Crippen LogP contribution < -0.4 is 10.6 Å². The largest absolute Gasteiger partial charge is 0.370 e. The number of Topliss-reactive ketones (excluding diaryl/α,β-unsaturated/α-hetero) is 1. The molecule has 0 bridgehead atoms. The Hall–Kier alpha value is -2.93. The van der Waals surface area contributed by atoms with Crippen molar-refractivity contribution in [3.63, 3.8) is 0 Å². The van der Waals surface area contributed by atoms with E-state index >= 15 is 0 Å². The molecule has 1 unspecified atom stereocenters. The highest BCUT2D eigenvalue weighted by Gasteiger charge is 2.19. The average molecular weight is 395 g/mol. The molecule has 0 saturated heterocycles. The molecule has 0 saturated carbocycles. The fourth-order valence-corrected chi connectivity index (χ4v) is 3.63. The minimum Gasteiger partial charge on any atom is -0.370 e. The van der Waals surface area contributed by atoms with Crippen LogP contribution in [0.1, 0.15) is 31.1 Å². The number of nitrogens with one attached hydrogen (secondary N) is 2. The molecule has 3 aromatic rings. The molecule has 2 aromatic carbocycles. The van der Waals surface area contributed by atoms with Crippen molar-refractivity contribution in [2.45, 2.75) is 31.2 Å². The zero-order chi connectivity index (χ0) is 20.1. The van der Waals surface area contributed by atoms with Gasteiger partial charge in [-0.05, 0) is 50.2 Å². The molecular formula is C21H22N4O2S. The van der Waals surface area contributed by atoms with Crippen molar-refractivity contribution in [1.82, 2.24) is 9.97 Å². The summed E-state index contributed by atoms with van der Waals surface area (Å²) < 4.78 is 0. The monoisotopic (exact) mass is 394 g/mol. The standard InChI is InChI=1S/C21H22N4O2S/c1-4-22-20-17-7-5-6-8-18(17)24-21(25-20)28-13(2)19(27)15-9-11-16(12-10-15)23-14(3)26/h5-13H,4H2,1-3H3,(H,23,26)(H,22,24,25). The number of nitrogens with zero attached hydrogens (tertiary/aromatic N) is 2. The first-order valence-electron chi connectivity index (χ1n) is 9.07. The number of rotatable bonds is 7. The van der Waals surface area contributed by atoms with E-state index in [0.29, 0.717) is 16.4 Å². The van der Waals surface area contributed by atoms with Crippen molar-refractivity contribution in [2.24, 2.45) is 0 Å². The number of anilines is 2. The summed E-state index contributed by atoms with van der Waals surface area (Å²) in [6.45, 7) is 6.06. The van der Waals surface area contributed by atoms with Gasteiger partial charge in [0.2, 0.25) is 5.91 Å². The van der Waals surface area contributed by atoms with Crippen LogP contribution in [0.25, 0.3) is 10.9 Å². The van der Waals surface area contributed by atoms with Crippen molar-refractivity contribution in [1.29, 1.82) is 0 Å². The minimum atomic E-state index is -0.345. The van der Waals surface area contributed by atoms with Crippen LogP contribution in [0, 0.1) is 0 Å². The number of benzene rings is 2. The second-order valence-electron chi connectivity index (χ2n) is 6.29. The predicted molar refractivity (Wildman–Crippen MR) is 114 cm³/mol. The van der Waals surface area contributed by atoms with Gasteiger partial charge in [0.25, 0.3) is 0 Å². The molecule has 1 heterocycles. The quantitative estimate of drug-likeness (QED) is 0.351. The highest BCUT2D eigenvalue weighted by atomic mass is 32.2. The van der Waals surface area contributed by atoms with Crippen molar-refractivity contribution in [3.8, 4) is 0 Å². The molecule has 0 aliphatic heterocycles. The Morgan fingerprint density at radius 2 is 1.79 bits per heavy atom. The summed E-state index contributed by atoms with van der Waals surface area (Å²) in [5.41, 5.74) is 2.09. The molecule has 0 aliphatic rings. The summed E-state index contributed by atoms with van der Waals surface area (Å²) in [4.78, 5) is 33.1. The topological polar surface area (TPSA) is 84.0 Å². The average Bonchev–Trinajstić information content (AvgIpc) is 2.68. The maximum absolute atomic E-state index is 12.8. The second kappa shape index (κ2) is 8.84. The first kappa shape index (κ1) is 19.8. The fourth-order valence-electron chi connectivity index (χ4n) is 2.78. The van der Waals surface area contributed by atoms with E-state index in [1.54, 1.807) is 24.3 Å². The number of thioether (sulfide) groups is 1. The molecule has 1 aromatic heterocycles. The summed E-state index contributed by atoms with van der Waals surface area (Å²) in [7, 11) is 0. The van der Waals surface area contributed by atoms with Crippen LogP contribution in [0.3, 0.4) is 0 Å². The van der Waals surface area contributed by atoms with E-state index in [1.807, 2.05) is 38.1 Å². The van der Waals surface area contributed by atoms with Gasteiger partial charge in [0, 0.05) is 30.1 Å². The molecule has 144 valence electrons. The Morgan fingerprint density at radius 1 is 1.07 bits per heavy atom. The van der Waals surface area contributed by atoms with E-state index in [4.69, 9.17) is 0 Å². The normalized spacial score (nSPS) is 11.8. The second-order valence-corrected chi connectivity index (χ2v) is 7.59. The Bertz CT molecular complexity index is 1000. The molecule has 1 atom stereocenters. The number of carbonyl (C=O) groups excluding carboxylic acids is 2. The highest BCUT2D eigenvalue weighted by Crippen LogP contribution is 2.28. The number of fused-ring (bicyclic) bond motifs is 1. The third kappa shape index (κ3) is 4.67. The number of aromatic nitrogens is 2. The lowest BCUT2D eigenvalue weighted by Crippen LogP contribution is -2.14. The van der Waals surface area contributed by atoms with E-state index in [0.717, 1.165) is 23.3 Å². The Kier molecular flexibility index (Phi) is 6.26. The first-order chi connectivity index (χ1) is 13.5. The molecule has 0 radical (unpaired) electrons. The zero-order valence-electron chi connectivity index (χ0n) is 16.0. The number of ketones is 1. The fraction of sp³-hybridized carbons (Fsp3) is 0.238. The summed E-state index contributed by atoms with van der Waals surface area (Å²) in [6, 6.07) is 14.7. The molecule has 6 nitrogen and oxygen atoms in total. The molecule has 3 rings (SSSR count). The molecule has 0 aliphatic carbocycles. The zero-order valence-corrected chi connectivity index (χ0v) is 16.8.